The van der Waals surface area contributed by atoms with Gasteiger partial charge < -0.3 is 26.2 Å². The third-order valence-corrected chi connectivity index (χ3v) is 3.98. The van der Waals surface area contributed by atoms with E-state index in [-0.39, 0.29) is 18.8 Å². The Balaban J connectivity index is 2.03. The second kappa shape index (κ2) is 9.96. The molecule has 0 radical (unpaired) electrons. The Morgan fingerprint density at radius 2 is 1.64 bits per heavy atom. The maximum absolute atomic E-state index is 12.5. The van der Waals surface area contributed by atoms with Gasteiger partial charge in [0.05, 0.1) is 0 Å². The molecule has 0 fully saturated rings. The van der Waals surface area contributed by atoms with Crippen molar-refractivity contribution in [3.8, 4) is 5.75 Å². The first-order valence-electron chi connectivity index (χ1n) is 8.70. The van der Waals surface area contributed by atoms with Crippen molar-refractivity contribution in [2.45, 2.75) is 32.0 Å². The number of nitrogens with two attached hydrogens (primary N) is 1. The molecule has 8 nitrogen and oxygen atoms in total. The summed E-state index contributed by atoms with van der Waals surface area (Å²) in [7, 11) is 0. The van der Waals surface area contributed by atoms with Gasteiger partial charge in [0, 0.05) is 6.42 Å². The van der Waals surface area contributed by atoms with Crippen LogP contribution in [0.2, 0.25) is 0 Å². The molecule has 0 aromatic heterocycles. The molecule has 0 unspecified atom stereocenters. The zero-order valence-corrected chi connectivity index (χ0v) is 15.4. The summed E-state index contributed by atoms with van der Waals surface area (Å²) >= 11 is 0. The molecule has 148 valence electrons. The van der Waals surface area contributed by atoms with Crippen molar-refractivity contribution < 1.29 is 24.2 Å². The third kappa shape index (κ3) is 6.64. The van der Waals surface area contributed by atoms with Gasteiger partial charge in [0.25, 0.3) is 0 Å². The predicted molar refractivity (Wildman–Crippen MR) is 102 cm³/mol. The first-order valence-corrected chi connectivity index (χ1v) is 8.70. The van der Waals surface area contributed by atoms with Gasteiger partial charge in [-0.25, -0.2) is 4.79 Å². The first kappa shape index (κ1) is 20.8. The van der Waals surface area contributed by atoms with E-state index < -0.39 is 30.0 Å². The number of amides is 3. The minimum Gasteiger partial charge on any atom is -0.508 e. The van der Waals surface area contributed by atoms with Crippen LogP contribution in [0.5, 0.6) is 5.75 Å². The van der Waals surface area contributed by atoms with Gasteiger partial charge in [0.2, 0.25) is 11.8 Å². The Hall–Kier alpha value is -3.55. The van der Waals surface area contributed by atoms with Crippen molar-refractivity contribution in [1.82, 2.24) is 10.6 Å². The summed E-state index contributed by atoms with van der Waals surface area (Å²) in [5.74, 6) is -1.18. The molecule has 3 amide bonds. The van der Waals surface area contributed by atoms with Crippen molar-refractivity contribution in [2.75, 3.05) is 0 Å². The van der Waals surface area contributed by atoms with E-state index in [0.717, 1.165) is 5.56 Å². The van der Waals surface area contributed by atoms with Crippen LogP contribution in [0, 0.1) is 0 Å². The lowest BCUT2D eigenvalue weighted by Crippen LogP contribution is -2.52. The van der Waals surface area contributed by atoms with Gasteiger partial charge in [-0.05, 0) is 30.2 Å². The number of carbonyl (C=O) groups excluding carboxylic acids is 3. The van der Waals surface area contributed by atoms with Gasteiger partial charge in [0.1, 0.15) is 24.4 Å². The van der Waals surface area contributed by atoms with Crippen molar-refractivity contribution in [3.63, 3.8) is 0 Å². The average Bonchev–Trinajstić information content (AvgIpc) is 2.68. The number of rotatable bonds is 8. The van der Waals surface area contributed by atoms with E-state index in [2.05, 4.69) is 10.6 Å². The molecule has 2 rings (SSSR count). The van der Waals surface area contributed by atoms with Crippen LogP contribution in [0.1, 0.15) is 18.1 Å². The molecule has 0 spiro atoms. The average molecular weight is 385 g/mol. The Labute approximate surface area is 162 Å². The smallest absolute Gasteiger partial charge is 0.408 e. The van der Waals surface area contributed by atoms with E-state index >= 15 is 0 Å². The molecular formula is C20H23N3O5. The molecule has 0 aliphatic heterocycles. The summed E-state index contributed by atoms with van der Waals surface area (Å²) in [5, 5.41) is 14.3. The molecule has 0 saturated heterocycles. The maximum atomic E-state index is 12.5. The van der Waals surface area contributed by atoms with Crippen molar-refractivity contribution in [2.24, 2.45) is 5.73 Å². The molecule has 28 heavy (non-hydrogen) atoms. The number of alkyl carbamates (subject to hydrolysis) is 1. The van der Waals surface area contributed by atoms with E-state index in [4.69, 9.17) is 10.5 Å². The van der Waals surface area contributed by atoms with Gasteiger partial charge in [0.15, 0.2) is 0 Å². The lowest BCUT2D eigenvalue weighted by atomic mass is 10.0. The van der Waals surface area contributed by atoms with E-state index in [1.54, 1.807) is 12.1 Å². The molecule has 0 aliphatic carbocycles. The molecular weight excluding hydrogens is 362 g/mol. The largest absolute Gasteiger partial charge is 0.508 e. The van der Waals surface area contributed by atoms with Crippen LogP contribution in [-0.4, -0.2) is 35.1 Å². The van der Waals surface area contributed by atoms with Gasteiger partial charge in [-0.3, -0.25) is 9.59 Å². The molecule has 5 N–H and O–H groups in total. The van der Waals surface area contributed by atoms with Crippen LogP contribution in [-0.2, 0) is 27.4 Å². The van der Waals surface area contributed by atoms with Crippen molar-refractivity contribution in [1.29, 1.82) is 0 Å². The number of carbonyl (C=O) groups is 3. The highest BCUT2D eigenvalue weighted by atomic mass is 16.5. The highest BCUT2D eigenvalue weighted by molar-refractivity contribution is 5.90. The Morgan fingerprint density at radius 1 is 1.00 bits per heavy atom. The fraction of sp³-hybridized carbons (Fsp3) is 0.250. The normalized spacial score (nSPS) is 12.5. The minimum atomic E-state index is -0.991. The maximum Gasteiger partial charge on any atom is 0.408 e. The molecule has 2 aromatic rings. The van der Waals surface area contributed by atoms with Gasteiger partial charge >= 0.3 is 6.09 Å². The molecule has 0 heterocycles. The Kier molecular flexibility index (Phi) is 7.38. The summed E-state index contributed by atoms with van der Waals surface area (Å²) in [6.07, 6.45) is -0.632. The van der Waals surface area contributed by atoms with E-state index in [9.17, 15) is 19.5 Å². The number of primary amides is 1. The van der Waals surface area contributed by atoms with Crippen molar-refractivity contribution >= 4 is 17.9 Å². The first-order chi connectivity index (χ1) is 13.3. The van der Waals surface area contributed by atoms with Crippen LogP contribution in [0.15, 0.2) is 54.6 Å². The number of phenolic OH excluding ortho intramolecular Hbond substituents is 1. The van der Waals surface area contributed by atoms with E-state index in [1.165, 1.54) is 19.1 Å². The zero-order valence-electron chi connectivity index (χ0n) is 15.4. The van der Waals surface area contributed by atoms with Crippen LogP contribution in [0.4, 0.5) is 4.79 Å². The number of ether oxygens (including phenoxy) is 1. The lowest BCUT2D eigenvalue weighted by Gasteiger charge is -2.20. The SMILES string of the molecule is C[C@H](NC(=O)[C@@H](Cc1ccc(O)cc1)NC(=O)OCc1ccccc1)C(N)=O. The number of hydrogen-bond donors (Lipinski definition) is 4. The highest BCUT2D eigenvalue weighted by Gasteiger charge is 2.24. The van der Waals surface area contributed by atoms with E-state index in [0.29, 0.717) is 5.56 Å². The molecule has 0 aliphatic rings. The molecule has 2 aromatic carbocycles. The van der Waals surface area contributed by atoms with Crippen LogP contribution >= 0.6 is 0 Å². The lowest BCUT2D eigenvalue weighted by molar-refractivity contribution is -0.128. The molecule has 0 saturated carbocycles. The fourth-order valence-electron chi connectivity index (χ4n) is 2.37. The second-order valence-corrected chi connectivity index (χ2v) is 6.26. The number of phenols is 1. The summed E-state index contributed by atoms with van der Waals surface area (Å²) in [5.41, 5.74) is 6.68. The predicted octanol–water partition coefficient (Wildman–Crippen LogP) is 1.22. The van der Waals surface area contributed by atoms with Crippen LogP contribution < -0.4 is 16.4 Å². The Morgan fingerprint density at radius 3 is 2.25 bits per heavy atom. The highest BCUT2D eigenvalue weighted by Crippen LogP contribution is 2.12. The summed E-state index contributed by atoms with van der Waals surface area (Å²) < 4.78 is 5.16. The molecule has 8 heteroatoms. The topological polar surface area (TPSA) is 131 Å². The number of aromatic hydroxyl groups is 1. The summed E-state index contributed by atoms with van der Waals surface area (Å²) in [4.78, 5) is 35.9. The quantitative estimate of drug-likeness (QED) is 0.543. The molecule has 2 atom stereocenters. The zero-order chi connectivity index (χ0) is 20.5. The monoisotopic (exact) mass is 385 g/mol. The van der Waals surface area contributed by atoms with Crippen LogP contribution in [0.25, 0.3) is 0 Å². The second-order valence-electron chi connectivity index (χ2n) is 6.26. The van der Waals surface area contributed by atoms with Gasteiger partial charge in [-0.1, -0.05) is 42.5 Å². The summed E-state index contributed by atoms with van der Waals surface area (Å²) in [6, 6.07) is 13.4. The number of benzene rings is 2. The fourth-order valence-corrected chi connectivity index (χ4v) is 2.37. The minimum absolute atomic E-state index is 0.0535. The number of nitrogens with one attached hydrogen (secondary N) is 2. The third-order valence-electron chi connectivity index (χ3n) is 3.98. The van der Waals surface area contributed by atoms with Crippen molar-refractivity contribution in [3.05, 3.63) is 65.7 Å². The van der Waals surface area contributed by atoms with E-state index in [1.807, 2.05) is 30.3 Å². The van der Waals surface area contributed by atoms with Gasteiger partial charge in [-0.2, -0.15) is 0 Å². The molecule has 0 bridgehead atoms. The van der Waals surface area contributed by atoms with Crippen LogP contribution in [0.3, 0.4) is 0 Å². The Bertz CT molecular complexity index is 808. The standard InChI is InChI=1S/C20H23N3O5/c1-13(18(21)25)22-19(26)17(11-14-7-9-16(24)10-8-14)23-20(27)28-12-15-5-3-2-4-6-15/h2-10,13,17,24H,11-12H2,1H3,(H2,21,25)(H,22,26)(H,23,27)/t13-,17+/m0/s1. The van der Waals surface area contributed by atoms with Gasteiger partial charge in [-0.15, -0.1) is 0 Å². The summed E-state index contributed by atoms with van der Waals surface area (Å²) in [6.45, 7) is 1.50. The number of hydrogen-bond acceptors (Lipinski definition) is 5.